The lowest BCUT2D eigenvalue weighted by Gasteiger charge is -2.46. The molecule has 0 atom stereocenters. The van der Waals surface area contributed by atoms with E-state index in [0.717, 1.165) is 6.54 Å². The molecule has 0 saturated carbocycles. The van der Waals surface area contributed by atoms with Crippen LogP contribution in [0.1, 0.15) is 39.0 Å². The zero-order valence-electron chi connectivity index (χ0n) is 13.5. The summed E-state index contributed by atoms with van der Waals surface area (Å²) in [7, 11) is 6.56. The summed E-state index contributed by atoms with van der Waals surface area (Å²) in [4.78, 5) is 5.09. The van der Waals surface area contributed by atoms with Gasteiger partial charge in [-0.1, -0.05) is 19.8 Å². The first kappa shape index (κ1) is 25.7. The highest BCUT2D eigenvalue weighted by Crippen LogP contribution is 2.31. The molecule has 1 N–H and O–H groups in total. The molecule has 0 spiro atoms. The summed E-state index contributed by atoms with van der Waals surface area (Å²) in [6, 6.07) is 0. The van der Waals surface area contributed by atoms with Crippen LogP contribution in [0, 0.1) is 0 Å². The van der Waals surface area contributed by atoms with Crippen molar-refractivity contribution in [3.8, 4) is 0 Å². The van der Waals surface area contributed by atoms with Gasteiger partial charge in [0, 0.05) is 18.6 Å². The number of unbranched alkanes of at least 4 members (excludes halogenated alkanes) is 1. The molecule has 126 valence electrons. The minimum Gasteiger partial charge on any atom is -0.318 e. The summed E-state index contributed by atoms with van der Waals surface area (Å²) in [5, 5.41) is 3.24. The van der Waals surface area contributed by atoms with E-state index in [1.54, 1.807) is 0 Å². The van der Waals surface area contributed by atoms with Gasteiger partial charge in [0.05, 0.1) is 0 Å². The Balaban J connectivity index is -0.000000963. The molecule has 3 nitrogen and oxygen atoms in total. The topological polar surface area (TPSA) is 18.5 Å². The Kier molecular flexibility index (Phi) is 17.2. The maximum atomic E-state index is 3.24. The lowest BCUT2D eigenvalue weighted by atomic mass is 9.82. The molecule has 1 saturated heterocycles. The van der Waals surface area contributed by atoms with Gasteiger partial charge in [0.2, 0.25) is 0 Å². The third-order valence-corrected chi connectivity index (χ3v) is 4.41. The van der Waals surface area contributed by atoms with E-state index in [0.29, 0.717) is 5.54 Å². The third kappa shape index (κ3) is 7.67. The van der Waals surface area contributed by atoms with E-state index in [2.05, 4.69) is 36.1 Å². The van der Waals surface area contributed by atoms with Gasteiger partial charge in [-0.2, -0.15) is 0 Å². The van der Waals surface area contributed by atoms with Crippen LogP contribution in [0.2, 0.25) is 0 Å². The number of piperidine rings is 1. The van der Waals surface area contributed by atoms with Crippen LogP contribution in [-0.2, 0) is 0 Å². The average molecular weight is 351 g/mol. The van der Waals surface area contributed by atoms with Gasteiger partial charge in [-0.3, -0.25) is 0 Å². The van der Waals surface area contributed by atoms with E-state index in [9.17, 15) is 0 Å². The minimum atomic E-state index is 0. The third-order valence-electron chi connectivity index (χ3n) is 4.41. The standard InChI is InChI=1S/C14H31N3.3ClH/c1-5-6-7-14(16(3)4)8-11-17(12-9-14)13-10-15-2;;;/h15H,5-13H2,1-4H3;3*1H. The van der Waals surface area contributed by atoms with Crippen molar-refractivity contribution >= 4 is 37.2 Å². The minimum absolute atomic E-state index is 0. The highest BCUT2D eigenvalue weighted by Gasteiger charge is 2.35. The van der Waals surface area contributed by atoms with E-state index in [4.69, 9.17) is 0 Å². The Morgan fingerprint density at radius 3 is 2.05 bits per heavy atom. The maximum absolute atomic E-state index is 3.24. The summed E-state index contributed by atoms with van der Waals surface area (Å²) in [5.74, 6) is 0. The SMILES string of the molecule is CCCCC1(N(C)C)CCN(CCNC)CC1.Cl.Cl.Cl. The molecule has 0 aliphatic carbocycles. The van der Waals surface area contributed by atoms with Crippen LogP contribution in [-0.4, -0.2) is 62.7 Å². The molecule has 0 aromatic rings. The number of likely N-dealkylation sites (N-methyl/N-ethyl adjacent to an activating group) is 1. The van der Waals surface area contributed by atoms with Gasteiger partial charge in [-0.05, 0) is 53.5 Å². The summed E-state index contributed by atoms with van der Waals surface area (Å²) in [6.45, 7) is 7.15. The van der Waals surface area contributed by atoms with Crippen molar-refractivity contribution in [2.75, 3.05) is 47.3 Å². The fourth-order valence-corrected chi connectivity index (χ4v) is 2.89. The van der Waals surface area contributed by atoms with Gasteiger partial charge in [-0.15, -0.1) is 37.2 Å². The maximum Gasteiger partial charge on any atom is 0.0227 e. The van der Waals surface area contributed by atoms with Crippen molar-refractivity contribution in [1.29, 1.82) is 0 Å². The number of halogens is 3. The van der Waals surface area contributed by atoms with Crippen molar-refractivity contribution in [2.24, 2.45) is 0 Å². The number of likely N-dealkylation sites (tertiary alicyclic amines) is 1. The van der Waals surface area contributed by atoms with Gasteiger partial charge in [-0.25, -0.2) is 0 Å². The van der Waals surface area contributed by atoms with E-state index >= 15 is 0 Å². The lowest BCUT2D eigenvalue weighted by molar-refractivity contribution is 0.0480. The van der Waals surface area contributed by atoms with Gasteiger partial charge in [0.15, 0.2) is 0 Å². The molecule has 20 heavy (non-hydrogen) atoms. The number of hydrogen-bond acceptors (Lipinski definition) is 3. The Labute approximate surface area is 144 Å². The second kappa shape index (κ2) is 13.4. The van der Waals surface area contributed by atoms with Crippen molar-refractivity contribution in [1.82, 2.24) is 15.1 Å². The molecule has 1 heterocycles. The Morgan fingerprint density at radius 1 is 1.10 bits per heavy atom. The first-order valence-corrected chi connectivity index (χ1v) is 7.19. The summed E-state index contributed by atoms with van der Waals surface area (Å²) < 4.78 is 0. The molecule has 1 fully saturated rings. The molecule has 0 radical (unpaired) electrons. The molecule has 0 aromatic heterocycles. The van der Waals surface area contributed by atoms with Crippen LogP contribution >= 0.6 is 37.2 Å². The van der Waals surface area contributed by atoms with Gasteiger partial charge < -0.3 is 15.1 Å². The predicted octanol–water partition coefficient (Wildman–Crippen LogP) is 3.06. The number of rotatable bonds is 7. The highest BCUT2D eigenvalue weighted by atomic mass is 35.5. The van der Waals surface area contributed by atoms with E-state index < -0.39 is 0 Å². The van der Waals surface area contributed by atoms with Crippen LogP contribution in [0.3, 0.4) is 0 Å². The summed E-state index contributed by atoms with van der Waals surface area (Å²) in [6.07, 6.45) is 6.73. The smallest absolute Gasteiger partial charge is 0.0227 e. The monoisotopic (exact) mass is 349 g/mol. The number of hydrogen-bond donors (Lipinski definition) is 1. The first-order valence-electron chi connectivity index (χ1n) is 7.19. The van der Waals surface area contributed by atoms with Crippen molar-refractivity contribution in [3.05, 3.63) is 0 Å². The molecule has 0 aromatic carbocycles. The van der Waals surface area contributed by atoms with Crippen molar-refractivity contribution in [2.45, 2.75) is 44.6 Å². The van der Waals surface area contributed by atoms with E-state index in [1.165, 1.54) is 51.7 Å². The normalized spacial score (nSPS) is 17.9. The van der Waals surface area contributed by atoms with Crippen LogP contribution in [0.15, 0.2) is 0 Å². The quantitative estimate of drug-likeness (QED) is 0.761. The summed E-state index contributed by atoms with van der Waals surface area (Å²) in [5.41, 5.74) is 0.478. The summed E-state index contributed by atoms with van der Waals surface area (Å²) >= 11 is 0. The first-order chi connectivity index (χ1) is 8.14. The average Bonchev–Trinajstić information content (AvgIpc) is 2.35. The zero-order valence-corrected chi connectivity index (χ0v) is 15.9. The Morgan fingerprint density at radius 2 is 1.65 bits per heavy atom. The van der Waals surface area contributed by atoms with Gasteiger partial charge in [0.1, 0.15) is 0 Å². The molecule has 1 rings (SSSR count). The zero-order chi connectivity index (χ0) is 12.7. The predicted molar refractivity (Wildman–Crippen MR) is 97.3 cm³/mol. The molecule has 1 aliphatic heterocycles. The number of nitrogens with one attached hydrogen (secondary N) is 1. The molecule has 1 aliphatic rings. The van der Waals surface area contributed by atoms with Gasteiger partial charge >= 0.3 is 0 Å². The molecular weight excluding hydrogens is 317 g/mol. The Bertz CT molecular complexity index is 208. The fourth-order valence-electron chi connectivity index (χ4n) is 2.89. The fraction of sp³-hybridized carbons (Fsp3) is 1.00. The Hall–Kier alpha value is 0.750. The van der Waals surface area contributed by atoms with Crippen molar-refractivity contribution < 1.29 is 0 Å². The van der Waals surface area contributed by atoms with Crippen molar-refractivity contribution in [3.63, 3.8) is 0 Å². The van der Waals surface area contributed by atoms with Crippen LogP contribution in [0.5, 0.6) is 0 Å². The largest absolute Gasteiger partial charge is 0.318 e. The van der Waals surface area contributed by atoms with Crippen LogP contribution in [0.4, 0.5) is 0 Å². The molecule has 0 amide bonds. The van der Waals surface area contributed by atoms with E-state index in [-0.39, 0.29) is 37.2 Å². The lowest BCUT2D eigenvalue weighted by Crippen LogP contribution is -2.53. The highest BCUT2D eigenvalue weighted by molar-refractivity contribution is 5.86. The van der Waals surface area contributed by atoms with Gasteiger partial charge in [0.25, 0.3) is 0 Å². The second-order valence-corrected chi connectivity index (χ2v) is 5.67. The van der Waals surface area contributed by atoms with Crippen LogP contribution < -0.4 is 5.32 Å². The number of nitrogens with zero attached hydrogens (tertiary/aromatic N) is 2. The molecule has 0 bridgehead atoms. The van der Waals surface area contributed by atoms with Crippen LogP contribution in [0.25, 0.3) is 0 Å². The molecule has 6 heteroatoms. The molecular formula is C14H34Cl3N3. The second-order valence-electron chi connectivity index (χ2n) is 5.67. The molecule has 0 unspecified atom stereocenters. The van der Waals surface area contributed by atoms with E-state index in [1.807, 2.05) is 7.05 Å².